The van der Waals surface area contributed by atoms with Crippen molar-refractivity contribution in [1.29, 1.82) is 0 Å². The van der Waals surface area contributed by atoms with Crippen LogP contribution in [0, 0.1) is 5.92 Å². The number of carbonyl (C=O) groups is 2. The van der Waals surface area contributed by atoms with E-state index in [9.17, 15) is 9.59 Å². The molecule has 1 N–H and O–H groups in total. The highest BCUT2D eigenvalue weighted by molar-refractivity contribution is 6.02. The Bertz CT molecular complexity index is 683. The van der Waals surface area contributed by atoms with Crippen molar-refractivity contribution < 1.29 is 9.59 Å². The summed E-state index contributed by atoms with van der Waals surface area (Å²) in [6.07, 6.45) is 3.86. The maximum Gasteiger partial charge on any atom is 0.244 e. The minimum absolute atomic E-state index is 0.0233. The zero-order valence-electron chi connectivity index (χ0n) is 12.3. The van der Waals surface area contributed by atoms with Gasteiger partial charge in [0.2, 0.25) is 11.8 Å². The summed E-state index contributed by atoms with van der Waals surface area (Å²) < 4.78 is 1.38. The van der Waals surface area contributed by atoms with Crippen molar-refractivity contribution in [3.63, 3.8) is 0 Å². The predicted molar refractivity (Wildman–Crippen MR) is 80.7 cm³/mol. The van der Waals surface area contributed by atoms with E-state index in [-0.39, 0.29) is 24.2 Å². The Hall–Kier alpha value is -2.70. The Morgan fingerprint density at radius 3 is 2.77 bits per heavy atom. The van der Waals surface area contributed by atoms with Gasteiger partial charge in [-0.2, -0.15) is 0 Å². The quantitative estimate of drug-likeness (QED) is 0.912. The third-order valence-corrected chi connectivity index (χ3v) is 3.82. The van der Waals surface area contributed by atoms with Crippen molar-refractivity contribution in [1.82, 2.24) is 14.9 Å². The first-order chi connectivity index (χ1) is 10.7. The van der Waals surface area contributed by atoms with E-state index in [1.807, 2.05) is 24.3 Å². The molecular weight excluding hydrogens is 282 g/mol. The molecular formula is C15H17N5O2. The highest BCUT2D eigenvalue weighted by Gasteiger charge is 2.35. The normalized spacial score (nSPS) is 17.8. The SMILES string of the molecule is CCc1ccccc1N1CC(C(=O)Nn2cnnc2)CC1=O. The van der Waals surface area contributed by atoms with Gasteiger partial charge in [-0.3, -0.25) is 15.0 Å². The summed E-state index contributed by atoms with van der Waals surface area (Å²) in [6.45, 7) is 2.44. The Balaban J connectivity index is 1.74. The summed E-state index contributed by atoms with van der Waals surface area (Å²) in [4.78, 5) is 26.2. The van der Waals surface area contributed by atoms with E-state index in [1.165, 1.54) is 17.3 Å². The fourth-order valence-electron chi connectivity index (χ4n) is 2.67. The topological polar surface area (TPSA) is 80.1 Å². The molecule has 1 aromatic carbocycles. The van der Waals surface area contributed by atoms with Crippen molar-refractivity contribution >= 4 is 17.5 Å². The van der Waals surface area contributed by atoms with Gasteiger partial charge < -0.3 is 4.90 Å². The van der Waals surface area contributed by atoms with Crippen LogP contribution in [0.5, 0.6) is 0 Å². The Labute approximate surface area is 127 Å². The summed E-state index contributed by atoms with van der Waals surface area (Å²) in [5.41, 5.74) is 4.66. The molecule has 2 amide bonds. The number of aryl methyl sites for hydroxylation is 1. The van der Waals surface area contributed by atoms with E-state index in [1.54, 1.807) is 4.90 Å². The first-order valence-corrected chi connectivity index (χ1v) is 7.22. The van der Waals surface area contributed by atoms with Crippen LogP contribution < -0.4 is 10.3 Å². The summed E-state index contributed by atoms with van der Waals surface area (Å²) in [7, 11) is 0. The number of hydrogen-bond acceptors (Lipinski definition) is 4. The lowest BCUT2D eigenvalue weighted by Crippen LogP contribution is -2.31. The second-order valence-corrected chi connectivity index (χ2v) is 5.23. The fraction of sp³-hybridized carbons (Fsp3) is 0.333. The third-order valence-electron chi connectivity index (χ3n) is 3.82. The molecule has 0 aliphatic carbocycles. The second-order valence-electron chi connectivity index (χ2n) is 5.23. The van der Waals surface area contributed by atoms with E-state index < -0.39 is 0 Å². The van der Waals surface area contributed by atoms with Gasteiger partial charge in [0.15, 0.2) is 0 Å². The molecule has 1 aromatic heterocycles. The molecule has 7 nitrogen and oxygen atoms in total. The van der Waals surface area contributed by atoms with Crippen LogP contribution in [0.25, 0.3) is 0 Å². The van der Waals surface area contributed by atoms with Crippen LogP contribution in [0.3, 0.4) is 0 Å². The predicted octanol–water partition coefficient (Wildman–Crippen LogP) is 0.964. The zero-order valence-corrected chi connectivity index (χ0v) is 12.3. The van der Waals surface area contributed by atoms with Gasteiger partial charge in [-0.25, -0.2) is 4.68 Å². The number of hydrogen-bond donors (Lipinski definition) is 1. The molecule has 1 unspecified atom stereocenters. The minimum Gasteiger partial charge on any atom is -0.311 e. The van der Waals surface area contributed by atoms with Crippen LogP contribution in [0.4, 0.5) is 5.69 Å². The van der Waals surface area contributed by atoms with E-state index in [0.717, 1.165) is 17.7 Å². The molecule has 2 heterocycles. The summed E-state index contributed by atoms with van der Waals surface area (Å²) >= 11 is 0. The maximum absolute atomic E-state index is 12.3. The molecule has 1 aliphatic rings. The molecule has 1 fully saturated rings. The van der Waals surface area contributed by atoms with Gasteiger partial charge in [-0.15, -0.1) is 10.2 Å². The monoisotopic (exact) mass is 299 g/mol. The van der Waals surface area contributed by atoms with Gasteiger partial charge in [-0.05, 0) is 18.1 Å². The molecule has 1 atom stereocenters. The number of carbonyl (C=O) groups excluding carboxylic acids is 2. The highest BCUT2D eigenvalue weighted by Crippen LogP contribution is 2.28. The van der Waals surface area contributed by atoms with E-state index >= 15 is 0 Å². The van der Waals surface area contributed by atoms with E-state index in [4.69, 9.17) is 0 Å². The molecule has 0 saturated carbocycles. The number of para-hydroxylation sites is 1. The molecule has 2 aromatic rings. The molecule has 1 saturated heterocycles. The lowest BCUT2D eigenvalue weighted by atomic mass is 10.1. The molecule has 0 bridgehead atoms. The van der Waals surface area contributed by atoms with Gasteiger partial charge in [0.25, 0.3) is 0 Å². The van der Waals surface area contributed by atoms with Crippen molar-refractivity contribution in [3.05, 3.63) is 42.5 Å². The van der Waals surface area contributed by atoms with E-state index in [0.29, 0.717) is 6.54 Å². The molecule has 0 radical (unpaired) electrons. The summed E-state index contributed by atoms with van der Waals surface area (Å²) in [6, 6.07) is 7.80. The highest BCUT2D eigenvalue weighted by atomic mass is 16.2. The Kier molecular flexibility index (Phi) is 3.86. The molecule has 114 valence electrons. The molecule has 7 heteroatoms. The van der Waals surface area contributed by atoms with Crippen molar-refractivity contribution in [2.24, 2.45) is 5.92 Å². The zero-order chi connectivity index (χ0) is 15.5. The average molecular weight is 299 g/mol. The Morgan fingerprint density at radius 1 is 1.32 bits per heavy atom. The van der Waals surface area contributed by atoms with Crippen molar-refractivity contribution in [3.8, 4) is 0 Å². The van der Waals surface area contributed by atoms with Crippen LogP contribution in [0.1, 0.15) is 18.9 Å². The first-order valence-electron chi connectivity index (χ1n) is 7.22. The number of nitrogens with one attached hydrogen (secondary N) is 1. The van der Waals surface area contributed by atoms with Gasteiger partial charge >= 0.3 is 0 Å². The molecule has 0 spiro atoms. The molecule has 22 heavy (non-hydrogen) atoms. The van der Waals surface area contributed by atoms with Gasteiger partial charge in [0, 0.05) is 18.7 Å². The summed E-state index contributed by atoms with van der Waals surface area (Å²) in [5.74, 6) is -0.603. The second kappa shape index (κ2) is 5.97. The Morgan fingerprint density at radius 2 is 2.05 bits per heavy atom. The van der Waals surface area contributed by atoms with Gasteiger partial charge in [0.1, 0.15) is 12.7 Å². The van der Waals surface area contributed by atoms with Crippen LogP contribution >= 0.6 is 0 Å². The van der Waals surface area contributed by atoms with Gasteiger partial charge in [-0.1, -0.05) is 25.1 Å². The number of benzene rings is 1. The first kappa shape index (κ1) is 14.2. The van der Waals surface area contributed by atoms with Gasteiger partial charge in [0.05, 0.1) is 5.92 Å². The largest absolute Gasteiger partial charge is 0.311 e. The van der Waals surface area contributed by atoms with E-state index in [2.05, 4.69) is 22.5 Å². The smallest absolute Gasteiger partial charge is 0.244 e. The van der Waals surface area contributed by atoms with Crippen LogP contribution in [-0.2, 0) is 16.0 Å². The van der Waals surface area contributed by atoms with Crippen LogP contribution in [0.15, 0.2) is 36.9 Å². The standard InChI is InChI=1S/C15H17N5O2/c1-2-11-5-3-4-6-13(11)20-8-12(7-14(20)21)15(22)18-19-9-16-17-10-19/h3-6,9-10,12H,2,7-8H2,1H3,(H,18,22). The number of amides is 2. The third kappa shape index (κ3) is 2.69. The lowest BCUT2D eigenvalue weighted by Gasteiger charge is -2.19. The average Bonchev–Trinajstić information content (AvgIpc) is 3.16. The minimum atomic E-state index is -0.375. The summed E-state index contributed by atoms with van der Waals surface area (Å²) in [5, 5.41) is 7.25. The van der Waals surface area contributed by atoms with Crippen molar-refractivity contribution in [2.75, 3.05) is 16.9 Å². The fourth-order valence-corrected chi connectivity index (χ4v) is 2.67. The number of rotatable bonds is 4. The number of nitrogens with zero attached hydrogens (tertiary/aromatic N) is 4. The number of aromatic nitrogens is 3. The van der Waals surface area contributed by atoms with Crippen LogP contribution in [0.2, 0.25) is 0 Å². The lowest BCUT2D eigenvalue weighted by molar-refractivity contribution is -0.123. The number of anilines is 1. The maximum atomic E-state index is 12.3. The molecule has 3 rings (SSSR count). The molecule has 1 aliphatic heterocycles. The van der Waals surface area contributed by atoms with Crippen LogP contribution in [-0.4, -0.2) is 33.2 Å². The van der Waals surface area contributed by atoms with Crippen molar-refractivity contribution in [2.45, 2.75) is 19.8 Å².